The van der Waals surface area contributed by atoms with E-state index in [2.05, 4.69) is 0 Å². The Balaban J connectivity index is 2.98. The first-order valence-corrected chi connectivity index (χ1v) is 3.87. The quantitative estimate of drug-likeness (QED) is 0.611. The number of likely N-dealkylation sites (N-methyl/N-ethyl adjacent to an activating group) is 1. The number of likely N-dealkylation sites (tertiary alicyclic amines) is 1. The molecule has 1 heterocycles. The van der Waals surface area contributed by atoms with Gasteiger partial charge in [0.1, 0.15) is 5.54 Å². The predicted molar refractivity (Wildman–Crippen MR) is 42.4 cm³/mol. The molecule has 1 N–H and O–H groups in total. The molecule has 1 fully saturated rings. The lowest BCUT2D eigenvalue weighted by atomic mass is 9.88. The Morgan fingerprint density at radius 2 is 2.42 bits per heavy atom. The minimum atomic E-state index is -0.991. The molecule has 4 heteroatoms. The van der Waals surface area contributed by atoms with E-state index >= 15 is 0 Å². The molecule has 0 saturated carbocycles. The van der Waals surface area contributed by atoms with Crippen LogP contribution in [0.5, 0.6) is 0 Å². The van der Waals surface area contributed by atoms with Crippen LogP contribution in [0, 0.1) is 17.2 Å². The lowest BCUT2D eigenvalue weighted by molar-refractivity contribution is -0.149. The van der Waals surface area contributed by atoms with Gasteiger partial charge in [-0.05, 0) is 20.4 Å². The SMILES string of the molecule is CN1CC[C@H](C#N)[C@]1(C)C(=O)O. The van der Waals surface area contributed by atoms with Gasteiger partial charge in [-0.1, -0.05) is 0 Å². The number of nitriles is 1. The van der Waals surface area contributed by atoms with E-state index in [0.717, 1.165) is 0 Å². The summed E-state index contributed by atoms with van der Waals surface area (Å²) >= 11 is 0. The van der Waals surface area contributed by atoms with Crippen molar-refractivity contribution < 1.29 is 9.90 Å². The molecule has 1 saturated heterocycles. The van der Waals surface area contributed by atoms with E-state index in [1.165, 1.54) is 0 Å². The molecule has 66 valence electrons. The van der Waals surface area contributed by atoms with Crippen LogP contribution in [0.4, 0.5) is 0 Å². The summed E-state index contributed by atoms with van der Waals surface area (Å²) in [6.45, 7) is 2.29. The summed E-state index contributed by atoms with van der Waals surface area (Å²) in [6.07, 6.45) is 0.649. The van der Waals surface area contributed by atoms with Crippen LogP contribution in [0.25, 0.3) is 0 Å². The van der Waals surface area contributed by atoms with E-state index in [4.69, 9.17) is 10.4 Å². The van der Waals surface area contributed by atoms with Crippen LogP contribution in [0.3, 0.4) is 0 Å². The van der Waals surface area contributed by atoms with Crippen LogP contribution < -0.4 is 0 Å². The van der Waals surface area contributed by atoms with E-state index in [1.807, 2.05) is 6.07 Å². The maximum Gasteiger partial charge on any atom is 0.325 e. The van der Waals surface area contributed by atoms with Gasteiger partial charge in [-0.15, -0.1) is 0 Å². The number of aliphatic carboxylic acids is 1. The summed E-state index contributed by atoms with van der Waals surface area (Å²) in [5.41, 5.74) is -0.991. The van der Waals surface area contributed by atoms with Gasteiger partial charge in [-0.2, -0.15) is 5.26 Å². The predicted octanol–water partition coefficient (Wildman–Crippen LogP) is 0.305. The number of hydrogen-bond acceptors (Lipinski definition) is 3. The van der Waals surface area contributed by atoms with Crippen molar-refractivity contribution in [1.29, 1.82) is 5.26 Å². The fourth-order valence-electron chi connectivity index (χ4n) is 1.60. The normalized spacial score (nSPS) is 36.2. The second kappa shape index (κ2) is 2.76. The molecule has 2 atom stereocenters. The monoisotopic (exact) mass is 168 g/mol. The molecule has 0 radical (unpaired) electrons. The van der Waals surface area contributed by atoms with Gasteiger partial charge in [-0.25, -0.2) is 0 Å². The minimum absolute atomic E-state index is 0.389. The Labute approximate surface area is 71.4 Å². The Morgan fingerprint density at radius 1 is 1.83 bits per heavy atom. The van der Waals surface area contributed by atoms with Crippen molar-refractivity contribution in [3.8, 4) is 6.07 Å². The summed E-state index contributed by atoms with van der Waals surface area (Å²) in [6, 6.07) is 2.04. The Kier molecular flexibility index (Phi) is 2.07. The molecular formula is C8H12N2O2. The Bertz CT molecular complexity index is 246. The maximum absolute atomic E-state index is 10.9. The van der Waals surface area contributed by atoms with E-state index in [0.29, 0.717) is 13.0 Å². The topological polar surface area (TPSA) is 64.3 Å². The van der Waals surface area contributed by atoms with Crippen LogP contribution in [0.2, 0.25) is 0 Å². The molecule has 0 aromatic rings. The number of nitrogens with zero attached hydrogens (tertiary/aromatic N) is 2. The van der Waals surface area contributed by atoms with Crippen LogP contribution in [0.1, 0.15) is 13.3 Å². The fourth-order valence-corrected chi connectivity index (χ4v) is 1.60. The van der Waals surface area contributed by atoms with E-state index in [-0.39, 0.29) is 5.92 Å². The smallest absolute Gasteiger partial charge is 0.325 e. The van der Waals surface area contributed by atoms with Gasteiger partial charge >= 0.3 is 5.97 Å². The number of hydrogen-bond donors (Lipinski definition) is 1. The molecular weight excluding hydrogens is 156 g/mol. The first-order chi connectivity index (χ1) is 5.53. The zero-order valence-corrected chi connectivity index (χ0v) is 7.24. The molecule has 0 aliphatic carbocycles. The van der Waals surface area contributed by atoms with Crippen LogP contribution in [0.15, 0.2) is 0 Å². The van der Waals surface area contributed by atoms with Crippen LogP contribution >= 0.6 is 0 Å². The van der Waals surface area contributed by atoms with Crippen molar-refractivity contribution in [3.05, 3.63) is 0 Å². The second-order valence-corrected chi connectivity index (χ2v) is 3.34. The third-order valence-corrected chi connectivity index (χ3v) is 2.81. The fraction of sp³-hybridized carbons (Fsp3) is 0.750. The molecule has 1 rings (SSSR count). The molecule has 12 heavy (non-hydrogen) atoms. The second-order valence-electron chi connectivity index (χ2n) is 3.34. The summed E-state index contributed by atoms with van der Waals surface area (Å²) in [5.74, 6) is -1.30. The largest absolute Gasteiger partial charge is 0.480 e. The molecule has 1 aliphatic rings. The first-order valence-electron chi connectivity index (χ1n) is 3.87. The molecule has 0 unspecified atom stereocenters. The molecule has 0 aromatic heterocycles. The first kappa shape index (κ1) is 9.01. The van der Waals surface area contributed by atoms with Crippen LogP contribution in [-0.4, -0.2) is 35.1 Å². The van der Waals surface area contributed by atoms with Gasteiger partial charge < -0.3 is 5.11 Å². The van der Waals surface area contributed by atoms with Gasteiger partial charge in [0.25, 0.3) is 0 Å². The number of carbonyl (C=O) groups is 1. The van der Waals surface area contributed by atoms with Gasteiger partial charge in [-0.3, -0.25) is 9.69 Å². The Hall–Kier alpha value is -1.08. The highest BCUT2D eigenvalue weighted by atomic mass is 16.4. The Morgan fingerprint density at radius 3 is 2.75 bits per heavy atom. The van der Waals surface area contributed by atoms with E-state index in [1.54, 1.807) is 18.9 Å². The standard InChI is InChI=1S/C8H12N2O2/c1-8(7(11)12)6(5-9)3-4-10(8)2/h6H,3-4H2,1-2H3,(H,11,12)/t6-,8-/m1/s1. The van der Waals surface area contributed by atoms with Gasteiger partial charge in [0.2, 0.25) is 0 Å². The molecule has 1 aliphatic heterocycles. The van der Waals surface area contributed by atoms with Gasteiger partial charge in [0, 0.05) is 6.54 Å². The number of rotatable bonds is 1. The van der Waals surface area contributed by atoms with Crippen molar-refractivity contribution in [1.82, 2.24) is 4.90 Å². The van der Waals surface area contributed by atoms with E-state index in [9.17, 15) is 4.79 Å². The molecule has 0 aromatic carbocycles. The van der Waals surface area contributed by atoms with Crippen molar-refractivity contribution in [3.63, 3.8) is 0 Å². The zero-order chi connectivity index (χ0) is 9.35. The zero-order valence-electron chi connectivity index (χ0n) is 7.24. The molecule has 4 nitrogen and oxygen atoms in total. The maximum atomic E-state index is 10.9. The third kappa shape index (κ3) is 0.978. The van der Waals surface area contributed by atoms with Crippen LogP contribution in [-0.2, 0) is 4.79 Å². The highest BCUT2D eigenvalue weighted by Gasteiger charge is 2.49. The van der Waals surface area contributed by atoms with Crippen molar-refractivity contribution >= 4 is 5.97 Å². The highest BCUT2D eigenvalue weighted by Crippen LogP contribution is 2.33. The van der Waals surface area contributed by atoms with Crippen molar-refractivity contribution in [2.45, 2.75) is 18.9 Å². The van der Waals surface area contributed by atoms with E-state index < -0.39 is 11.5 Å². The van der Waals surface area contributed by atoms with Gasteiger partial charge in [0.05, 0.1) is 12.0 Å². The summed E-state index contributed by atoms with van der Waals surface area (Å²) in [4.78, 5) is 12.6. The minimum Gasteiger partial charge on any atom is -0.480 e. The van der Waals surface area contributed by atoms with Crippen molar-refractivity contribution in [2.75, 3.05) is 13.6 Å². The molecule has 0 bridgehead atoms. The number of carboxylic acids is 1. The summed E-state index contributed by atoms with van der Waals surface area (Å²) < 4.78 is 0. The third-order valence-electron chi connectivity index (χ3n) is 2.81. The number of carboxylic acid groups (broad SMARTS) is 1. The average Bonchev–Trinajstić information content (AvgIpc) is 2.30. The lowest BCUT2D eigenvalue weighted by Crippen LogP contribution is -2.49. The molecule has 0 amide bonds. The lowest BCUT2D eigenvalue weighted by Gasteiger charge is -2.29. The van der Waals surface area contributed by atoms with Gasteiger partial charge in [0.15, 0.2) is 0 Å². The summed E-state index contributed by atoms with van der Waals surface area (Å²) in [7, 11) is 1.74. The summed E-state index contributed by atoms with van der Waals surface area (Å²) in [5, 5.41) is 17.7. The average molecular weight is 168 g/mol. The highest BCUT2D eigenvalue weighted by molar-refractivity contribution is 5.79. The molecule has 0 spiro atoms. The van der Waals surface area contributed by atoms with Crippen molar-refractivity contribution in [2.24, 2.45) is 5.92 Å².